The van der Waals surface area contributed by atoms with Gasteiger partial charge in [0.15, 0.2) is 0 Å². The first kappa shape index (κ1) is 10.3. The molecule has 1 heteroatoms. The Kier molecular flexibility index (Phi) is 3.97. The number of fused-ring (bicyclic) bond motifs is 1. The minimum absolute atomic E-state index is 1.15. The summed E-state index contributed by atoms with van der Waals surface area (Å²) in [6.45, 7) is 6.21. The normalized spacial score (nSPS) is 9.46. The Hall–Kier alpha value is -0.820. The van der Waals surface area contributed by atoms with Crippen LogP contribution in [0.5, 0.6) is 0 Å². The molecule has 0 spiro atoms. The van der Waals surface area contributed by atoms with Crippen molar-refractivity contribution in [3.05, 3.63) is 34.5 Å². The quantitative estimate of drug-likeness (QED) is 0.624. The molecular formula is C12H16S. The molecule has 2 aromatic rings. The van der Waals surface area contributed by atoms with Gasteiger partial charge in [0.05, 0.1) is 0 Å². The summed E-state index contributed by atoms with van der Waals surface area (Å²) in [5.41, 5.74) is 0. The maximum Gasteiger partial charge on any atom is 0.0121 e. The predicted molar refractivity (Wildman–Crippen MR) is 62.6 cm³/mol. The summed E-state index contributed by atoms with van der Waals surface area (Å²) in [5, 5.41) is 5.04. The van der Waals surface area contributed by atoms with E-state index in [4.69, 9.17) is 0 Å². The van der Waals surface area contributed by atoms with Crippen molar-refractivity contribution in [2.24, 2.45) is 0 Å². The predicted octanol–water partition coefficient (Wildman–Crippen LogP) is 4.49. The van der Waals surface area contributed by atoms with Gasteiger partial charge in [0.1, 0.15) is 0 Å². The van der Waals surface area contributed by atoms with Gasteiger partial charge < -0.3 is 0 Å². The highest BCUT2D eigenvalue weighted by Gasteiger charge is 1.98. The van der Waals surface area contributed by atoms with Crippen molar-refractivity contribution in [3.63, 3.8) is 0 Å². The lowest BCUT2D eigenvalue weighted by Gasteiger charge is -1.90. The van der Waals surface area contributed by atoms with Gasteiger partial charge in [-0.2, -0.15) is 0 Å². The molecule has 0 unspecified atom stereocenters. The van der Waals surface area contributed by atoms with Gasteiger partial charge in [0.25, 0.3) is 0 Å². The lowest BCUT2D eigenvalue weighted by molar-refractivity contribution is 1.20. The van der Waals surface area contributed by atoms with Crippen molar-refractivity contribution >= 4 is 22.1 Å². The zero-order valence-corrected chi connectivity index (χ0v) is 9.32. The van der Waals surface area contributed by atoms with Crippen molar-refractivity contribution < 1.29 is 0 Å². The molecule has 0 atom stereocenters. The molecular weight excluding hydrogens is 176 g/mol. The van der Waals surface area contributed by atoms with Crippen molar-refractivity contribution in [1.29, 1.82) is 0 Å². The van der Waals surface area contributed by atoms with Crippen LogP contribution in [0, 0.1) is 0 Å². The summed E-state index contributed by atoms with van der Waals surface area (Å²) < 4.78 is 0. The van der Waals surface area contributed by atoms with Crippen LogP contribution in [0.1, 0.15) is 25.6 Å². The Labute approximate surface area is 84.2 Å². The average Bonchev–Trinajstić information content (AvgIpc) is 2.64. The second-order valence-corrected chi connectivity index (χ2v) is 3.56. The Morgan fingerprint density at radius 2 is 1.85 bits per heavy atom. The van der Waals surface area contributed by atoms with Gasteiger partial charge >= 0.3 is 0 Å². The average molecular weight is 192 g/mol. The van der Waals surface area contributed by atoms with Crippen LogP contribution in [0.15, 0.2) is 29.6 Å². The van der Waals surface area contributed by atoms with Gasteiger partial charge in [-0.1, -0.05) is 45.0 Å². The largest absolute Gasteiger partial charge is 0.148 e. The third-order valence-corrected chi connectivity index (χ3v) is 3.08. The molecule has 0 aliphatic rings. The highest BCUT2D eigenvalue weighted by molar-refractivity contribution is 7.11. The SMILES string of the molecule is CC.CCc1scc2ccccc12. The van der Waals surface area contributed by atoms with E-state index in [0.29, 0.717) is 0 Å². The zero-order valence-electron chi connectivity index (χ0n) is 8.50. The van der Waals surface area contributed by atoms with Gasteiger partial charge in [0.2, 0.25) is 0 Å². The number of thiophene rings is 1. The molecule has 70 valence electrons. The molecule has 1 aromatic heterocycles. The first-order chi connectivity index (χ1) is 6.42. The Balaban J connectivity index is 0.000000396. The van der Waals surface area contributed by atoms with Gasteiger partial charge in [0, 0.05) is 4.88 Å². The summed E-state index contributed by atoms with van der Waals surface area (Å²) in [4.78, 5) is 1.50. The minimum atomic E-state index is 1.15. The van der Waals surface area contributed by atoms with E-state index in [2.05, 4.69) is 36.6 Å². The third kappa shape index (κ3) is 2.10. The Morgan fingerprint density at radius 1 is 1.15 bits per heavy atom. The van der Waals surface area contributed by atoms with Gasteiger partial charge in [-0.25, -0.2) is 0 Å². The molecule has 0 bridgehead atoms. The van der Waals surface area contributed by atoms with Crippen molar-refractivity contribution in [2.75, 3.05) is 0 Å². The molecule has 0 amide bonds. The molecule has 0 nitrogen and oxygen atoms in total. The summed E-state index contributed by atoms with van der Waals surface area (Å²) in [7, 11) is 0. The number of benzene rings is 1. The molecule has 0 saturated heterocycles. The van der Waals surface area contributed by atoms with Crippen LogP contribution in [0.25, 0.3) is 10.8 Å². The fourth-order valence-electron chi connectivity index (χ4n) is 1.33. The molecule has 2 rings (SSSR count). The summed E-state index contributed by atoms with van der Waals surface area (Å²) in [6, 6.07) is 8.57. The van der Waals surface area contributed by atoms with Crippen LogP contribution in [0.3, 0.4) is 0 Å². The molecule has 1 aromatic carbocycles. The topological polar surface area (TPSA) is 0 Å². The number of aryl methyl sites for hydroxylation is 1. The molecule has 1 heterocycles. The lowest BCUT2D eigenvalue weighted by Crippen LogP contribution is -1.71. The second kappa shape index (κ2) is 5.03. The van der Waals surface area contributed by atoms with Crippen LogP contribution in [0.2, 0.25) is 0 Å². The maximum atomic E-state index is 2.23. The van der Waals surface area contributed by atoms with Crippen LogP contribution in [-0.2, 0) is 6.42 Å². The first-order valence-corrected chi connectivity index (χ1v) is 5.75. The maximum absolute atomic E-state index is 2.23. The number of rotatable bonds is 1. The molecule has 0 aliphatic heterocycles. The summed E-state index contributed by atoms with van der Waals surface area (Å²) >= 11 is 1.86. The van der Waals surface area contributed by atoms with E-state index >= 15 is 0 Å². The monoisotopic (exact) mass is 192 g/mol. The van der Waals surface area contributed by atoms with Crippen molar-refractivity contribution in [3.8, 4) is 0 Å². The molecule has 0 fully saturated rings. The van der Waals surface area contributed by atoms with Crippen LogP contribution in [0.4, 0.5) is 0 Å². The zero-order chi connectivity index (χ0) is 9.68. The minimum Gasteiger partial charge on any atom is -0.148 e. The fraction of sp³-hybridized carbons (Fsp3) is 0.333. The number of hydrogen-bond acceptors (Lipinski definition) is 1. The van der Waals surface area contributed by atoms with Crippen LogP contribution in [-0.4, -0.2) is 0 Å². The second-order valence-electron chi connectivity index (χ2n) is 2.60. The van der Waals surface area contributed by atoms with E-state index in [1.54, 1.807) is 0 Å². The fourth-order valence-corrected chi connectivity index (χ4v) is 2.28. The molecule has 0 aliphatic carbocycles. The first-order valence-electron chi connectivity index (χ1n) is 4.87. The van der Waals surface area contributed by atoms with Crippen LogP contribution >= 0.6 is 11.3 Å². The van der Waals surface area contributed by atoms with Gasteiger partial charge in [-0.05, 0) is 22.6 Å². The lowest BCUT2D eigenvalue weighted by atomic mass is 10.2. The van der Waals surface area contributed by atoms with Crippen LogP contribution < -0.4 is 0 Å². The molecule has 0 N–H and O–H groups in total. The Morgan fingerprint density at radius 3 is 2.54 bits per heavy atom. The number of hydrogen-bond donors (Lipinski definition) is 0. The van der Waals surface area contributed by atoms with Gasteiger partial charge in [-0.3, -0.25) is 0 Å². The smallest absolute Gasteiger partial charge is 0.0121 e. The van der Waals surface area contributed by atoms with Crippen molar-refractivity contribution in [2.45, 2.75) is 27.2 Å². The standard InChI is InChI=1S/C10H10S.C2H6/c1-2-10-9-6-4-3-5-8(9)7-11-10;1-2/h3-7H,2H2,1H3;1-2H3. The third-order valence-electron chi connectivity index (χ3n) is 1.91. The summed E-state index contributed by atoms with van der Waals surface area (Å²) in [5.74, 6) is 0. The van der Waals surface area contributed by atoms with E-state index in [1.165, 1.54) is 15.6 Å². The Bertz CT molecular complexity index is 360. The van der Waals surface area contributed by atoms with E-state index in [-0.39, 0.29) is 0 Å². The van der Waals surface area contributed by atoms with Crippen molar-refractivity contribution in [1.82, 2.24) is 0 Å². The van der Waals surface area contributed by atoms with E-state index in [9.17, 15) is 0 Å². The van der Waals surface area contributed by atoms with E-state index < -0.39 is 0 Å². The van der Waals surface area contributed by atoms with E-state index in [0.717, 1.165) is 6.42 Å². The summed E-state index contributed by atoms with van der Waals surface area (Å²) in [6.07, 6.45) is 1.15. The molecule has 13 heavy (non-hydrogen) atoms. The highest BCUT2D eigenvalue weighted by Crippen LogP contribution is 2.25. The van der Waals surface area contributed by atoms with E-state index in [1.807, 2.05) is 25.2 Å². The molecule has 0 saturated carbocycles. The molecule has 0 radical (unpaired) electrons. The van der Waals surface area contributed by atoms with Gasteiger partial charge in [-0.15, -0.1) is 11.3 Å². The highest BCUT2D eigenvalue weighted by atomic mass is 32.1.